The van der Waals surface area contributed by atoms with Crippen molar-refractivity contribution in [2.24, 2.45) is 0 Å². The van der Waals surface area contributed by atoms with Crippen LogP contribution in [0.5, 0.6) is 5.88 Å². The second-order valence-electron chi connectivity index (χ2n) is 4.97. The fraction of sp³-hybridized carbons (Fsp3) is 0. The lowest BCUT2D eigenvalue weighted by Crippen LogP contribution is -1.96. The predicted molar refractivity (Wildman–Crippen MR) is 88.8 cm³/mol. The van der Waals surface area contributed by atoms with E-state index >= 15 is 0 Å². The number of carbonyl (C=O) groups is 1. The fourth-order valence-electron chi connectivity index (χ4n) is 2.48. The molecule has 2 aromatic heterocycles. The molecule has 0 unspecified atom stereocenters. The molecule has 0 spiro atoms. The Bertz CT molecular complexity index is 1020. The van der Waals surface area contributed by atoms with Crippen molar-refractivity contribution in [3.63, 3.8) is 0 Å². The third-order valence-corrected chi connectivity index (χ3v) is 4.32. The van der Waals surface area contributed by atoms with E-state index in [2.05, 4.69) is 10.1 Å². The van der Waals surface area contributed by atoms with Gasteiger partial charge in [-0.1, -0.05) is 29.5 Å². The van der Waals surface area contributed by atoms with E-state index in [0.29, 0.717) is 11.6 Å². The first-order valence-electron chi connectivity index (χ1n) is 7.06. The maximum atomic E-state index is 13.2. The summed E-state index contributed by atoms with van der Waals surface area (Å²) in [5, 5.41) is 7.78. The molecular weight excluding hydrogens is 329 g/mol. The maximum Gasteiger partial charge on any atom is 0.299 e. The molecule has 0 bridgehead atoms. The molecule has 0 atom stereocenters. The van der Waals surface area contributed by atoms with Gasteiger partial charge in [0.05, 0.1) is 10.9 Å². The largest absolute Gasteiger partial charge is 0.409 e. The lowest BCUT2D eigenvalue weighted by molar-refractivity contribution is -0.120. The van der Waals surface area contributed by atoms with E-state index in [-0.39, 0.29) is 11.7 Å². The lowest BCUT2D eigenvalue weighted by Gasteiger charge is -1.97. The quantitative estimate of drug-likeness (QED) is 0.530. The molecular formula is C17H10FN3O2S. The topological polar surface area (TPSA) is 57.0 Å². The van der Waals surface area contributed by atoms with Crippen molar-refractivity contribution in [2.45, 2.75) is 0 Å². The van der Waals surface area contributed by atoms with E-state index in [4.69, 9.17) is 4.74 Å². The van der Waals surface area contributed by atoms with Gasteiger partial charge in [0.1, 0.15) is 11.5 Å². The fourth-order valence-corrected chi connectivity index (χ4v) is 3.18. The molecule has 0 saturated heterocycles. The summed E-state index contributed by atoms with van der Waals surface area (Å²) >= 11 is 1.31. The number of halogens is 1. The summed E-state index contributed by atoms with van der Waals surface area (Å²) in [7, 11) is 0. The zero-order valence-electron chi connectivity index (χ0n) is 12.2. The number of hydrogen-bond acceptors (Lipinski definition) is 5. The van der Waals surface area contributed by atoms with Crippen LogP contribution in [0, 0.1) is 5.82 Å². The number of aromatic nitrogens is 3. The zero-order valence-corrected chi connectivity index (χ0v) is 13.0. The van der Waals surface area contributed by atoms with Gasteiger partial charge in [0.2, 0.25) is 11.0 Å². The summed E-state index contributed by atoms with van der Waals surface area (Å²) < 4.78 is 19.6. The molecule has 2 heterocycles. The van der Waals surface area contributed by atoms with Gasteiger partial charge in [-0.15, -0.1) is 0 Å². The molecule has 2 aromatic carbocycles. The Balaban J connectivity index is 1.90. The van der Waals surface area contributed by atoms with Gasteiger partial charge in [0, 0.05) is 10.9 Å². The number of carbonyl (C=O) groups excluding carboxylic acids is 1. The van der Waals surface area contributed by atoms with Gasteiger partial charge >= 0.3 is 0 Å². The highest BCUT2D eigenvalue weighted by Crippen LogP contribution is 2.31. The monoisotopic (exact) mass is 339 g/mol. The minimum atomic E-state index is -0.293. The van der Waals surface area contributed by atoms with Gasteiger partial charge in [-0.25, -0.2) is 9.07 Å². The van der Waals surface area contributed by atoms with E-state index in [9.17, 15) is 9.18 Å². The van der Waals surface area contributed by atoms with Gasteiger partial charge in [0.25, 0.3) is 6.47 Å². The van der Waals surface area contributed by atoms with Crippen molar-refractivity contribution in [3.8, 4) is 22.3 Å². The van der Waals surface area contributed by atoms with Crippen LogP contribution in [0.4, 0.5) is 4.39 Å². The Labute approximate surface area is 140 Å². The number of nitrogens with zero attached hydrogens (tertiary/aromatic N) is 3. The first-order valence-corrected chi connectivity index (χ1v) is 7.94. The highest BCUT2D eigenvalue weighted by molar-refractivity contribution is 7.12. The summed E-state index contributed by atoms with van der Waals surface area (Å²) in [6.07, 6.45) is 0. The smallest absolute Gasteiger partial charge is 0.299 e. The van der Waals surface area contributed by atoms with Gasteiger partial charge in [-0.3, -0.25) is 4.79 Å². The van der Waals surface area contributed by atoms with E-state index in [1.807, 2.05) is 24.3 Å². The van der Waals surface area contributed by atoms with Crippen LogP contribution < -0.4 is 4.74 Å². The number of rotatable bonds is 4. The lowest BCUT2D eigenvalue weighted by atomic mass is 10.1. The summed E-state index contributed by atoms with van der Waals surface area (Å²) in [5.74, 6) is -0.0639. The Morgan fingerprint density at radius 1 is 1.12 bits per heavy atom. The van der Waals surface area contributed by atoms with Gasteiger partial charge in [-0.05, 0) is 30.3 Å². The molecule has 4 aromatic rings. The van der Waals surface area contributed by atoms with Crippen molar-refractivity contribution >= 4 is 28.7 Å². The molecule has 7 heteroatoms. The first kappa shape index (κ1) is 14.5. The maximum absolute atomic E-state index is 13.2. The molecule has 0 aliphatic rings. The average Bonchev–Trinajstić information content (AvgIpc) is 3.21. The van der Waals surface area contributed by atoms with E-state index in [1.54, 1.807) is 22.2 Å². The standard InChI is InChI=1S/C17H10FN3O2S/c18-12-7-5-11(6-8-12)16-13-3-1-2-4-14(13)21(20-16)17-19-15(9-24-17)23-10-22/h1-10H. The van der Waals surface area contributed by atoms with Gasteiger partial charge in [-0.2, -0.15) is 10.1 Å². The van der Waals surface area contributed by atoms with Crippen LogP contribution in [-0.4, -0.2) is 21.2 Å². The minimum absolute atomic E-state index is 0.230. The zero-order chi connectivity index (χ0) is 16.5. The van der Waals surface area contributed by atoms with Gasteiger partial charge < -0.3 is 4.74 Å². The Morgan fingerprint density at radius 3 is 2.71 bits per heavy atom. The highest BCUT2D eigenvalue weighted by Gasteiger charge is 2.15. The molecule has 5 nitrogen and oxygen atoms in total. The van der Waals surface area contributed by atoms with E-state index < -0.39 is 0 Å². The highest BCUT2D eigenvalue weighted by atomic mass is 32.1. The second kappa shape index (κ2) is 5.86. The minimum Gasteiger partial charge on any atom is -0.409 e. The van der Waals surface area contributed by atoms with Gasteiger partial charge in [0.15, 0.2) is 0 Å². The van der Waals surface area contributed by atoms with E-state index in [1.165, 1.54) is 23.5 Å². The van der Waals surface area contributed by atoms with E-state index in [0.717, 1.165) is 22.2 Å². The summed E-state index contributed by atoms with van der Waals surface area (Å²) in [5.41, 5.74) is 2.41. The van der Waals surface area contributed by atoms with Crippen molar-refractivity contribution in [3.05, 3.63) is 59.7 Å². The molecule has 0 radical (unpaired) electrons. The molecule has 0 amide bonds. The molecule has 24 heavy (non-hydrogen) atoms. The number of ether oxygens (including phenoxy) is 1. The number of hydrogen-bond donors (Lipinski definition) is 0. The molecule has 0 fully saturated rings. The third-order valence-electron chi connectivity index (χ3n) is 3.53. The third kappa shape index (κ3) is 2.44. The van der Waals surface area contributed by atoms with Crippen LogP contribution in [0.1, 0.15) is 0 Å². The molecule has 118 valence electrons. The molecule has 0 saturated carbocycles. The van der Waals surface area contributed by atoms with Crippen LogP contribution in [-0.2, 0) is 4.79 Å². The van der Waals surface area contributed by atoms with Crippen LogP contribution in [0.15, 0.2) is 53.9 Å². The number of para-hydroxylation sites is 1. The number of fused-ring (bicyclic) bond motifs is 1. The average molecular weight is 339 g/mol. The van der Waals surface area contributed by atoms with Crippen molar-refractivity contribution in [1.29, 1.82) is 0 Å². The normalized spacial score (nSPS) is 10.9. The number of thiazole rings is 1. The van der Waals surface area contributed by atoms with Crippen LogP contribution in [0.2, 0.25) is 0 Å². The molecule has 4 rings (SSSR count). The first-order chi connectivity index (χ1) is 11.8. The Kier molecular flexibility index (Phi) is 3.55. The SMILES string of the molecule is O=COc1csc(-n2nc(-c3ccc(F)cc3)c3ccccc32)n1. The summed E-state index contributed by atoms with van der Waals surface area (Å²) in [6, 6.07) is 13.9. The summed E-state index contributed by atoms with van der Waals surface area (Å²) in [4.78, 5) is 14.7. The van der Waals surface area contributed by atoms with Crippen molar-refractivity contribution in [2.75, 3.05) is 0 Å². The summed E-state index contributed by atoms with van der Waals surface area (Å²) in [6.45, 7) is 0.337. The molecule has 0 aliphatic carbocycles. The molecule has 0 aliphatic heterocycles. The Hall–Kier alpha value is -3.06. The predicted octanol–water partition coefficient (Wildman–Crippen LogP) is 3.82. The van der Waals surface area contributed by atoms with Crippen LogP contribution >= 0.6 is 11.3 Å². The second-order valence-corrected chi connectivity index (χ2v) is 5.80. The Morgan fingerprint density at radius 2 is 1.92 bits per heavy atom. The van der Waals surface area contributed by atoms with Crippen LogP contribution in [0.25, 0.3) is 27.3 Å². The van der Waals surface area contributed by atoms with Crippen molar-refractivity contribution in [1.82, 2.24) is 14.8 Å². The van der Waals surface area contributed by atoms with Crippen molar-refractivity contribution < 1.29 is 13.9 Å². The van der Waals surface area contributed by atoms with Crippen LogP contribution in [0.3, 0.4) is 0 Å². The molecule has 0 N–H and O–H groups in total. The number of benzene rings is 2.